The first-order chi connectivity index (χ1) is 16.1. The molecule has 0 atom stereocenters. The van der Waals surface area contributed by atoms with Crippen LogP contribution in [0.1, 0.15) is 19.4 Å². The maximum atomic E-state index is 12.4. The van der Waals surface area contributed by atoms with Crippen molar-refractivity contribution in [1.29, 1.82) is 5.26 Å². The first-order valence-electron chi connectivity index (χ1n) is 10.2. The molecule has 2 amide bonds. The van der Waals surface area contributed by atoms with Gasteiger partial charge in [-0.15, -0.1) is 0 Å². The fourth-order valence-corrected chi connectivity index (χ4v) is 3.01. The average Bonchev–Trinajstić information content (AvgIpc) is 2.81. The number of carbonyl (C=O) groups is 2. The van der Waals surface area contributed by atoms with Crippen molar-refractivity contribution < 1.29 is 9.59 Å². The lowest BCUT2D eigenvalue weighted by molar-refractivity contribution is -0.135. The Hall–Kier alpha value is -4.78. The number of hydrogen-bond donors (Lipinski definition) is 4. The third-order valence-corrected chi connectivity index (χ3v) is 4.90. The molecule has 34 heavy (non-hydrogen) atoms. The van der Waals surface area contributed by atoms with E-state index in [2.05, 4.69) is 25.6 Å². The van der Waals surface area contributed by atoms with Crippen LogP contribution in [0.3, 0.4) is 0 Å². The SMILES string of the molecule is Cc1ccncc1-c1cc(N)c2cnc(NC(=O)C(=O)NC(C=NC(C)(C)C#N)=CN)cc2c1. The van der Waals surface area contributed by atoms with Gasteiger partial charge in [0.15, 0.2) is 0 Å². The number of anilines is 2. The monoisotopic (exact) mass is 456 g/mol. The Morgan fingerprint density at radius 3 is 2.65 bits per heavy atom. The normalized spacial score (nSPS) is 11.9. The molecule has 0 unspecified atom stereocenters. The van der Waals surface area contributed by atoms with Crippen LogP contribution in [0.25, 0.3) is 21.9 Å². The van der Waals surface area contributed by atoms with Crippen LogP contribution < -0.4 is 22.1 Å². The van der Waals surface area contributed by atoms with Gasteiger partial charge in [0.25, 0.3) is 0 Å². The van der Waals surface area contributed by atoms with Gasteiger partial charge < -0.3 is 22.1 Å². The second-order valence-corrected chi connectivity index (χ2v) is 8.01. The summed E-state index contributed by atoms with van der Waals surface area (Å²) in [5.74, 6) is -1.75. The number of nitriles is 1. The van der Waals surface area contributed by atoms with Gasteiger partial charge >= 0.3 is 11.8 Å². The Balaban J connectivity index is 1.80. The number of aliphatic imine (C=N–C) groups is 1. The predicted octanol–water partition coefficient (Wildman–Crippen LogP) is 2.42. The van der Waals surface area contributed by atoms with Crippen molar-refractivity contribution in [3.8, 4) is 17.2 Å². The topological polar surface area (TPSA) is 172 Å². The summed E-state index contributed by atoms with van der Waals surface area (Å²) in [6, 6.07) is 9.28. The Kier molecular flexibility index (Phi) is 6.87. The summed E-state index contributed by atoms with van der Waals surface area (Å²) in [5.41, 5.74) is 14.1. The summed E-state index contributed by atoms with van der Waals surface area (Å²) in [6.45, 7) is 5.15. The van der Waals surface area contributed by atoms with Crippen molar-refractivity contribution in [3.63, 3.8) is 0 Å². The number of nitrogens with zero attached hydrogens (tertiary/aromatic N) is 4. The molecule has 0 saturated carbocycles. The minimum atomic E-state index is -1.01. The average molecular weight is 457 g/mol. The zero-order valence-electron chi connectivity index (χ0n) is 19.0. The molecule has 0 aliphatic heterocycles. The van der Waals surface area contributed by atoms with Gasteiger partial charge in [-0.3, -0.25) is 19.6 Å². The van der Waals surface area contributed by atoms with Crippen LogP contribution in [-0.4, -0.2) is 33.5 Å². The third-order valence-electron chi connectivity index (χ3n) is 4.90. The van der Waals surface area contributed by atoms with Crippen LogP contribution in [-0.2, 0) is 9.59 Å². The highest BCUT2D eigenvalue weighted by Crippen LogP contribution is 2.31. The molecule has 0 saturated heterocycles. The van der Waals surface area contributed by atoms with E-state index in [1.165, 1.54) is 12.4 Å². The Morgan fingerprint density at radius 2 is 1.97 bits per heavy atom. The largest absolute Gasteiger partial charge is 0.403 e. The first-order valence-corrected chi connectivity index (χ1v) is 10.2. The van der Waals surface area contributed by atoms with E-state index < -0.39 is 17.4 Å². The molecule has 6 N–H and O–H groups in total. The van der Waals surface area contributed by atoms with Gasteiger partial charge in [-0.2, -0.15) is 5.26 Å². The van der Waals surface area contributed by atoms with Gasteiger partial charge in [0.1, 0.15) is 11.4 Å². The number of allylic oxidation sites excluding steroid dienone is 1. The minimum absolute atomic E-state index is 0.0687. The zero-order chi connectivity index (χ0) is 24.9. The van der Waals surface area contributed by atoms with Crippen LogP contribution in [0.2, 0.25) is 0 Å². The van der Waals surface area contributed by atoms with Gasteiger partial charge in [-0.25, -0.2) is 4.98 Å². The molecule has 0 bridgehead atoms. The Morgan fingerprint density at radius 1 is 1.21 bits per heavy atom. The van der Waals surface area contributed by atoms with Gasteiger partial charge in [0.2, 0.25) is 0 Å². The number of nitrogen functional groups attached to an aromatic ring is 1. The van der Waals surface area contributed by atoms with Crippen LogP contribution in [0.4, 0.5) is 11.5 Å². The quantitative estimate of drug-likeness (QED) is 0.259. The molecule has 0 radical (unpaired) electrons. The molecule has 172 valence electrons. The van der Waals surface area contributed by atoms with Gasteiger partial charge in [0.05, 0.1) is 11.8 Å². The number of nitrogens with two attached hydrogens (primary N) is 2. The molecule has 0 fully saturated rings. The number of benzene rings is 1. The van der Waals surface area contributed by atoms with E-state index in [0.29, 0.717) is 11.1 Å². The minimum Gasteiger partial charge on any atom is -0.403 e. The summed E-state index contributed by atoms with van der Waals surface area (Å²) in [6.07, 6.45) is 7.29. The van der Waals surface area contributed by atoms with Crippen molar-refractivity contribution in [3.05, 3.63) is 60.3 Å². The van der Waals surface area contributed by atoms with Crippen LogP contribution in [0, 0.1) is 18.3 Å². The molecule has 2 heterocycles. The van der Waals surface area contributed by atoms with Crippen molar-refractivity contribution in [2.45, 2.75) is 26.3 Å². The van der Waals surface area contributed by atoms with Gasteiger partial charge in [-0.1, -0.05) is 0 Å². The lowest BCUT2D eigenvalue weighted by Crippen LogP contribution is -2.36. The summed E-state index contributed by atoms with van der Waals surface area (Å²) in [5, 5.41) is 15.3. The molecular formula is C24H24N8O2. The molecule has 3 aromatic rings. The number of pyridine rings is 2. The number of fused-ring (bicyclic) bond motifs is 1. The predicted molar refractivity (Wildman–Crippen MR) is 131 cm³/mol. The lowest BCUT2D eigenvalue weighted by atomic mass is 9.99. The Labute approximate surface area is 196 Å². The Bertz CT molecular complexity index is 1370. The molecular weight excluding hydrogens is 432 g/mol. The smallest absolute Gasteiger partial charge is 0.315 e. The van der Waals surface area contributed by atoms with Crippen LogP contribution in [0.15, 0.2) is 59.7 Å². The van der Waals surface area contributed by atoms with Gasteiger partial charge in [0, 0.05) is 47.6 Å². The van der Waals surface area contributed by atoms with E-state index in [-0.39, 0.29) is 11.5 Å². The number of rotatable bonds is 5. The van der Waals surface area contributed by atoms with E-state index in [0.717, 1.165) is 28.3 Å². The van der Waals surface area contributed by atoms with Gasteiger partial charge in [-0.05, 0) is 61.5 Å². The van der Waals surface area contributed by atoms with E-state index in [1.54, 1.807) is 32.3 Å². The molecule has 0 aliphatic carbocycles. The van der Waals surface area contributed by atoms with Crippen molar-refractivity contribution in [2.24, 2.45) is 10.7 Å². The van der Waals surface area contributed by atoms with Crippen molar-refractivity contribution in [2.75, 3.05) is 11.1 Å². The molecule has 1 aromatic carbocycles. The fraction of sp³-hybridized carbons (Fsp3) is 0.167. The van der Waals surface area contributed by atoms with Crippen LogP contribution >= 0.6 is 0 Å². The zero-order valence-corrected chi connectivity index (χ0v) is 19.0. The highest BCUT2D eigenvalue weighted by atomic mass is 16.2. The maximum Gasteiger partial charge on any atom is 0.315 e. The summed E-state index contributed by atoms with van der Waals surface area (Å²) < 4.78 is 0. The molecule has 2 aromatic heterocycles. The number of carbonyl (C=O) groups excluding carboxylic acids is 2. The van der Waals surface area contributed by atoms with E-state index in [1.807, 2.05) is 31.2 Å². The van der Waals surface area contributed by atoms with Crippen molar-refractivity contribution >= 4 is 40.3 Å². The summed E-state index contributed by atoms with van der Waals surface area (Å²) in [4.78, 5) is 37.1. The second kappa shape index (κ2) is 9.79. The van der Waals surface area contributed by atoms with E-state index in [4.69, 9.17) is 16.7 Å². The number of amides is 2. The fourth-order valence-electron chi connectivity index (χ4n) is 3.01. The highest BCUT2D eigenvalue weighted by molar-refractivity contribution is 6.40. The van der Waals surface area contributed by atoms with E-state index >= 15 is 0 Å². The summed E-state index contributed by atoms with van der Waals surface area (Å²) >= 11 is 0. The third kappa shape index (κ3) is 5.52. The van der Waals surface area contributed by atoms with Crippen LogP contribution in [0.5, 0.6) is 0 Å². The van der Waals surface area contributed by atoms with Crippen molar-refractivity contribution in [1.82, 2.24) is 15.3 Å². The molecule has 10 nitrogen and oxygen atoms in total. The lowest BCUT2D eigenvalue weighted by Gasteiger charge is -2.11. The number of nitrogens with one attached hydrogen (secondary N) is 2. The molecule has 0 spiro atoms. The first kappa shape index (κ1) is 23.9. The van der Waals surface area contributed by atoms with E-state index in [9.17, 15) is 9.59 Å². The molecule has 3 rings (SSSR count). The highest BCUT2D eigenvalue weighted by Gasteiger charge is 2.17. The molecule has 0 aliphatic rings. The summed E-state index contributed by atoms with van der Waals surface area (Å²) in [7, 11) is 0. The number of hydrogen-bond acceptors (Lipinski definition) is 8. The number of aryl methyl sites for hydroxylation is 1. The maximum absolute atomic E-state index is 12.4. The standard InChI is InChI=1S/C24H24N8O2/c1-14-4-5-28-11-18(14)15-6-16-8-21(29-12-19(16)20(27)7-15)32-23(34)22(33)31-17(9-25)10-30-24(2,3)13-26/h4-12H,25,27H2,1-3H3,(H,31,33)(H,29,32,34). The molecule has 10 heteroatoms. The number of aromatic nitrogens is 2. The second-order valence-electron chi connectivity index (χ2n) is 8.01.